The molecule has 0 bridgehead atoms. The van der Waals surface area contributed by atoms with Crippen molar-refractivity contribution in [1.29, 1.82) is 0 Å². The number of aldehydes is 1. The number of carbonyl (C=O) groups is 2. The van der Waals surface area contributed by atoms with Gasteiger partial charge >= 0.3 is 6.09 Å². The summed E-state index contributed by atoms with van der Waals surface area (Å²) in [6.45, 7) is 8.55. The van der Waals surface area contributed by atoms with Crippen molar-refractivity contribution >= 4 is 12.4 Å². The Morgan fingerprint density at radius 2 is 1.86 bits per heavy atom. The van der Waals surface area contributed by atoms with Crippen LogP contribution in [0.5, 0.6) is 0 Å². The Morgan fingerprint density at radius 1 is 1.29 bits per heavy atom. The molecule has 0 aliphatic heterocycles. The second-order valence-corrected chi connectivity index (χ2v) is 6.26. The van der Waals surface area contributed by atoms with Crippen LogP contribution in [0.25, 0.3) is 0 Å². The van der Waals surface area contributed by atoms with Gasteiger partial charge in [0.05, 0.1) is 0 Å². The standard InChI is InChI=1S/C16H22FNO3/c1-11-7-8-12(17)9-13(11)16(5,10-19)18(6)14(20)21-15(2,3)4/h7-10H,1-6H3. The summed E-state index contributed by atoms with van der Waals surface area (Å²) in [6.07, 6.45) is -0.0145. The lowest BCUT2D eigenvalue weighted by Gasteiger charge is -2.36. The van der Waals surface area contributed by atoms with Crippen LogP contribution in [0.2, 0.25) is 0 Å². The lowest BCUT2D eigenvalue weighted by molar-refractivity contribution is -0.117. The van der Waals surface area contributed by atoms with Crippen LogP contribution in [-0.4, -0.2) is 29.9 Å². The lowest BCUT2D eigenvalue weighted by atomic mass is 9.88. The van der Waals surface area contributed by atoms with E-state index in [1.807, 2.05) is 0 Å². The number of likely N-dealkylation sites (N-methyl/N-ethyl adjacent to an activating group) is 1. The first-order valence-electron chi connectivity index (χ1n) is 6.71. The third-order valence-corrected chi connectivity index (χ3v) is 3.34. The molecule has 0 saturated carbocycles. The lowest BCUT2D eigenvalue weighted by Crippen LogP contribution is -2.48. The van der Waals surface area contributed by atoms with Crippen molar-refractivity contribution in [3.63, 3.8) is 0 Å². The first kappa shape index (κ1) is 17.1. The van der Waals surface area contributed by atoms with Crippen LogP contribution in [-0.2, 0) is 15.1 Å². The average molecular weight is 295 g/mol. The molecule has 1 amide bonds. The van der Waals surface area contributed by atoms with Gasteiger partial charge in [-0.25, -0.2) is 9.18 Å². The summed E-state index contributed by atoms with van der Waals surface area (Å²) in [5.41, 5.74) is -0.812. The van der Waals surface area contributed by atoms with Gasteiger partial charge in [-0.3, -0.25) is 4.90 Å². The van der Waals surface area contributed by atoms with Crippen molar-refractivity contribution in [3.8, 4) is 0 Å². The molecule has 0 heterocycles. The molecule has 0 aliphatic carbocycles. The Hall–Kier alpha value is -1.91. The summed E-state index contributed by atoms with van der Waals surface area (Å²) < 4.78 is 18.8. The minimum absolute atomic E-state index is 0.436. The highest BCUT2D eigenvalue weighted by atomic mass is 19.1. The monoisotopic (exact) mass is 295 g/mol. The minimum atomic E-state index is -1.30. The number of hydrogen-bond acceptors (Lipinski definition) is 3. The average Bonchev–Trinajstić information content (AvgIpc) is 2.37. The maximum absolute atomic E-state index is 13.5. The molecule has 0 aliphatic rings. The SMILES string of the molecule is Cc1ccc(F)cc1C(C)(C=O)N(C)C(=O)OC(C)(C)C. The molecule has 0 aromatic heterocycles. The minimum Gasteiger partial charge on any atom is -0.444 e. The molecule has 1 rings (SSSR count). The molecular weight excluding hydrogens is 273 g/mol. The number of hydrogen-bond donors (Lipinski definition) is 0. The molecule has 1 atom stereocenters. The molecule has 4 nitrogen and oxygen atoms in total. The number of amides is 1. The fraction of sp³-hybridized carbons (Fsp3) is 0.500. The third-order valence-electron chi connectivity index (χ3n) is 3.34. The normalized spacial score (nSPS) is 14.2. The zero-order valence-corrected chi connectivity index (χ0v) is 13.4. The van der Waals surface area contributed by atoms with Gasteiger partial charge < -0.3 is 9.53 Å². The van der Waals surface area contributed by atoms with Gasteiger partial charge in [0.1, 0.15) is 23.2 Å². The largest absolute Gasteiger partial charge is 0.444 e. The van der Waals surface area contributed by atoms with E-state index in [-0.39, 0.29) is 0 Å². The predicted octanol–water partition coefficient (Wildman–Crippen LogP) is 3.42. The van der Waals surface area contributed by atoms with Crippen LogP contribution in [0.1, 0.15) is 38.8 Å². The summed E-state index contributed by atoms with van der Waals surface area (Å²) in [5, 5.41) is 0. The number of aryl methyl sites for hydroxylation is 1. The zero-order valence-electron chi connectivity index (χ0n) is 13.4. The van der Waals surface area contributed by atoms with E-state index in [0.717, 1.165) is 5.56 Å². The van der Waals surface area contributed by atoms with Crippen molar-refractivity contribution in [2.24, 2.45) is 0 Å². The predicted molar refractivity (Wildman–Crippen MR) is 78.6 cm³/mol. The summed E-state index contributed by atoms with van der Waals surface area (Å²) in [5.74, 6) is -0.457. The molecule has 1 aromatic carbocycles. The van der Waals surface area contributed by atoms with Crippen molar-refractivity contribution < 1.29 is 18.7 Å². The second-order valence-electron chi connectivity index (χ2n) is 6.26. The summed E-state index contributed by atoms with van der Waals surface area (Å²) >= 11 is 0. The van der Waals surface area contributed by atoms with Gasteiger partial charge in [-0.1, -0.05) is 6.07 Å². The molecule has 116 valence electrons. The van der Waals surface area contributed by atoms with Gasteiger partial charge in [0.2, 0.25) is 0 Å². The van der Waals surface area contributed by atoms with Crippen LogP contribution in [0.4, 0.5) is 9.18 Å². The van der Waals surface area contributed by atoms with Crippen LogP contribution in [0.3, 0.4) is 0 Å². The number of rotatable bonds is 3. The van der Waals surface area contributed by atoms with E-state index in [9.17, 15) is 14.0 Å². The van der Waals surface area contributed by atoms with Crippen molar-refractivity contribution in [1.82, 2.24) is 4.90 Å². The summed E-state index contributed by atoms with van der Waals surface area (Å²) in [4.78, 5) is 25.0. The Morgan fingerprint density at radius 3 is 2.33 bits per heavy atom. The van der Waals surface area contributed by atoms with E-state index in [1.165, 1.54) is 24.1 Å². The number of halogens is 1. The molecule has 1 unspecified atom stereocenters. The maximum Gasteiger partial charge on any atom is 0.411 e. The highest BCUT2D eigenvalue weighted by Gasteiger charge is 2.38. The molecule has 21 heavy (non-hydrogen) atoms. The molecule has 0 N–H and O–H groups in total. The van der Waals surface area contributed by atoms with Crippen LogP contribution < -0.4 is 0 Å². The van der Waals surface area contributed by atoms with Gasteiger partial charge in [0.25, 0.3) is 0 Å². The van der Waals surface area contributed by atoms with Crippen LogP contribution in [0.15, 0.2) is 18.2 Å². The topological polar surface area (TPSA) is 46.6 Å². The summed E-state index contributed by atoms with van der Waals surface area (Å²) in [6, 6.07) is 4.16. The van der Waals surface area contributed by atoms with E-state index in [4.69, 9.17) is 4.74 Å². The fourth-order valence-electron chi connectivity index (χ4n) is 1.98. The van der Waals surface area contributed by atoms with Crippen LogP contribution >= 0.6 is 0 Å². The first-order chi connectivity index (χ1) is 9.51. The number of carbonyl (C=O) groups excluding carboxylic acids is 2. The molecular formula is C16H22FNO3. The Labute approximate surface area is 124 Å². The molecule has 0 saturated heterocycles. The van der Waals surface area contributed by atoms with Gasteiger partial charge in [-0.15, -0.1) is 0 Å². The van der Waals surface area contributed by atoms with Crippen molar-refractivity contribution in [3.05, 3.63) is 35.1 Å². The van der Waals surface area contributed by atoms with E-state index >= 15 is 0 Å². The smallest absolute Gasteiger partial charge is 0.411 e. The quantitative estimate of drug-likeness (QED) is 0.803. The highest BCUT2D eigenvalue weighted by molar-refractivity contribution is 5.78. The highest BCUT2D eigenvalue weighted by Crippen LogP contribution is 2.29. The number of benzene rings is 1. The van der Waals surface area contributed by atoms with Gasteiger partial charge in [0.15, 0.2) is 0 Å². The third kappa shape index (κ3) is 3.80. The van der Waals surface area contributed by atoms with Gasteiger partial charge in [-0.05, 0) is 57.9 Å². The van der Waals surface area contributed by atoms with E-state index < -0.39 is 23.1 Å². The molecule has 0 radical (unpaired) electrons. The first-order valence-corrected chi connectivity index (χ1v) is 6.71. The van der Waals surface area contributed by atoms with E-state index in [1.54, 1.807) is 40.7 Å². The van der Waals surface area contributed by atoms with Crippen molar-refractivity contribution in [2.45, 2.75) is 45.8 Å². The van der Waals surface area contributed by atoms with Gasteiger partial charge in [0, 0.05) is 7.05 Å². The molecule has 1 aromatic rings. The molecule has 0 fully saturated rings. The number of nitrogens with zero attached hydrogens (tertiary/aromatic N) is 1. The van der Waals surface area contributed by atoms with E-state index in [2.05, 4.69) is 0 Å². The van der Waals surface area contributed by atoms with Gasteiger partial charge in [-0.2, -0.15) is 0 Å². The Bertz CT molecular complexity index is 551. The zero-order chi connectivity index (χ0) is 16.4. The van der Waals surface area contributed by atoms with Crippen LogP contribution in [0, 0.1) is 12.7 Å². The summed E-state index contributed by atoms with van der Waals surface area (Å²) in [7, 11) is 1.47. The molecule has 0 spiro atoms. The van der Waals surface area contributed by atoms with E-state index in [0.29, 0.717) is 11.8 Å². The van der Waals surface area contributed by atoms with Crippen molar-refractivity contribution in [2.75, 3.05) is 7.05 Å². The Kier molecular flexibility index (Phi) is 4.76. The fourth-order valence-corrected chi connectivity index (χ4v) is 1.98. The molecule has 5 heteroatoms. The number of ether oxygens (including phenoxy) is 1. The Balaban J connectivity index is 3.23. The second kappa shape index (κ2) is 5.84. The maximum atomic E-state index is 13.5.